The number of hydrogen-bond acceptors (Lipinski definition) is 3. The molecule has 0 unspecified atom stereocenters. The summed E-state index contributed by atoms with van der Waals surface area (Å²) in [5.74, 6) is 0. The Kier molecular flexibility index (Phi) is 4.60. The van der Waals surface area contributed by atoms with E-state index < -0.39 is 0 Å². The van der Waals surface area contributed by atoms with Gasteiger partial charge in [0.1, 0.15) is 0 Å². The molecule has 0 saturated carbocycles. The normalized spacial score (nSPS) is 16.7. The standard InChI is InChI=1S/C13H17N3O.ClH/c1-2-13-12(3-4-14-13)9-11(1)10-15-16-5-7-17-8-6-16;/h1-4,9,14-15H,5-8,10H2;1H. The van der Waals surface area contributed by atoms with Gasteiger partial charge >= 0.3 is 0 Å². The average Bonchev–Trinajstić information content (AvgIpc) is 2.85. The van der Waals surface area contributed by atoms with Crippen LogP contribution < -0.4 is 5.43 Å². The number of aromatic nitrogens is 1. The van der Waals surface area contributed by atoms with Crippen molar-refractivity contribution in [2.75, 3.05) is 26.3 Å². The van der Waals surface area contributed by atoms with Gasteiger partial charge in [-0.15, -0.1) is 12.4 Å². The monoisotopic (exact) mass is 267 g/mol. The topological polar surface area (TPSA) is 40.3 Å². The maximum atomic E-state index is 5.31. The van der Waals surface area contributed by atoms with Crippen molar-refractivity contribution >= 4 is 23.3 Å². The van der Waals surface area contributed by atoms with E-state index in [-0.39, 0.29) is 12.4 Å². The molecule has 2 aromatic rings. The zero-order valence-electron chi connectivity index (χ0n) is 10.2. The minimum Gasteiger partial charge on any atom is -0.379 e. The molecule has 1 saturated heterocycles. The average molecular weight is 268 g/mol. The summed E-state index contributed by atoms with van der Waals surface area (Å²) in [6.45, 7) is 4.45. The Morgan fingerprint density at radius 3 is 2.89 bits per heavy atom. The predicted molar refractivity (Wildman–Crippen MR) is 74.8 cm³/mol. The molecule has 0 atom stereocenters. The highest BCUT2D eigenvalue weighted by Crippen LogP contribution is 2.14. The van der Waals surface area contributed by atoms with Crippen molar-refractivity contribution in [2.45, 2.75) is 6.54 Å². The molecule has 0 radical (unpaired) electrons. The van der Waals surface area contributed by atoms with Crippen molar-refractivity contribution in [3.63, 3.8) is 0 Å². The number of aromatic amines is 1. The molecular weight excluding hydrogens is 250 g/mol. The van der Waals surface area contributed by atoms with Gasteiger partial charge in [0.25, 0.3) is 0 Å². The van der Waals surface area contributed by atoms with Gasteiger partial charge in [0.15, 0.2) is 0 Å². The molecule has 4 nitrogen and oxygen atoms in total. The Labute approximate surface area is 113 Å². The van der Waals surface area contributed by atoms with Crippen LogP contribution in [0.3, 0.4) is 0 Å². The van der Waals surface area contributed by atoms with Gasteiger partial charge in [-0.3, -0.25) is 5.43 Å². The molecule has 18 heavy (non-hydrogen) atoms. The SMILES string of the molecule is Cl.c1cc2cc(CNN3CCOCC3)ccc2[nH]1. The second-order valence-electron chi connectivity index (χ2n) is 4.33. The number of halogens is 1. The van der Waals surface area contributed by atoms with E-state index in [9.17, 15) is 0 Å². The number of benzene rings is 1. The van der Waals surface area contributed by atoms with E-state index in [0.717, 1.165) is 32.8 Å². The van der Waals surface area contributed by atoms with Gasteiger partial charge in [-0.1, -0.05) is 6.07 Å². The van der Waals surface area contributed by atoms with Crippen LogP contribution in [-0.4, -0.2) is 36.3 Å². The number of H-pyrrole nitrogens is 1. The van der Waals surface area contributed by atoms with Crippen LogP contribution in [0, 0.1) is 0 Å². The Balaban J connectivity index is 0.00000120. The molecule has 3 rings (SSSR count). The number of hydrazine groups is 1. The summed E-state index contributed by atoms with van der Waals surface area (Å²) >= 11 is 0. The highest BCUT2D eigenvalue weighted by atomic mass is 35.5. The lowest BCUT2D eigenvalue weighted by Crippen LogP contribution is -2.45. The van der Waals surface area contributed by atoms with Gasteiger partial charge in [0.2, 0.25) is 0 Å². The molecule has 0 spiro atoms. The fourth-order valence-corrected chi connectivity index (χ4v) is 2.14. The smallest absolute Gasteiger partial charge is 0.0608 e. The molecule has 0 bridgehead atoms. The molecule has 0 amide bonds. The van der Waals surface area contributed by atoms with Gasteiger partial charge in [-0.05, 0) is 29.1 Å². The maximum Gasteiger partial charge on any atom is 0.0608 e. The van der Waals surface area contributed by atoms with Gasteiger partial charge < -0.3 is 9.72 Å². The van der Waals surface area contributed by atoms with Crippen LogP contribution >= 0.6 is 12.4 Å². The van der Waals surface area contributed by atoms with Gasteiger partial charge in [-0.25, -0.2) is 5.01 Å². The number of nitrogens with one attached hydrogen (secondary N) is 2. The summed E-state index contributed by atoms with van der Waals surface area (Å²) in [5, 5.41) is 3.50. The van der Waals surface area contributed by atoms with E-state index in [1.54, 1.807) is 0 Å². The first kappa shape index (κ1) is 13.4. The zero-order valence-corrected chi connectivity index (χ0v) is 11.0. The summed E-state index contributed by atoms with van der Waals surface area (Å²) in [5.41, 5.74) is 5.94. The summed E-state index contributed by atoms with van der Waals surface area (Å²) < 4.78 is 5.31. The molecule has 1 aliphatic rings. The van der Waals surface area contributed by atoms with E-state index in [4.69, 9.17) is 4.74 Å². The number of fused-ring (bicyclic) bond motifs is 1. The van der Waals surface area contributed by atoms with Gasteiger partial charge in [-0.2, -0.15) is 0 Å². The molecular formula is C13H18ClN3O. The Morgan fingerprint density at radius 1 is 1.22 bits per heavy atom. The van der Waals surface area contributed by atoms with Gasteiger partial charge in [0.05, 0.1) is 13.2 Å². The molecule has 1 fully saturated rings. The second kappa shape index (κ2) is 6.20. The lowest BCUT2D eigenvalue weighted by molar-refractivity contribution is 0.0106. The van der Waals surface area contributed by atoms with Crippen molar-refractivity contribution < 1.29 is 4.74 Å². The van der Waals surface area contributed by atoms with Crippen LogP contribution in [0.1, 0.15) is 5.56 Å². The Hall–Kier alpha value is -1.07. The number of morpholine rings is 1. The molecule has 98 valence electrons. The first-order chi connectivity index (χ1) is 8.42. The summed E-state index contributed by atoms with van der Waals surface area (Å²) in [4.78, 5) is 3.20. The van der Waals surface area contributed by atoms with Crippen molar-refractivity contribution in [3.8, 4) is 0 Å². The van der Waals surface area contributed by atoms with Crippen LogP contribution in [-0.2, 0) is 11.3 Å². The van der Waals surface area contributed by atoms with Crippen molar-refractivity contribution in [1.29, 1.82) is 0 Å². The van der Waals surface area contributed by atoms with Crippen LogP contribution in [0.5, 0.6) is 0 Å². The summed E-state index contributed by atoms with van der Waals surface area (Å²) in [6, 6.07) is 8.62. The number of nitrogens with zero attached hydrogens (tertiary/aromatic N) is 1. The molecule has 5 heteroatoms. The molecule has 2 N–H and O–H groups in total. The van der Waals surface area contributed by atoms with E-state index >= 15 is 0 Å². The van der Waals surface area contributed by atoms with Crippen molar-refractivity contribution in [3.05, 3.63) is 36.0 Å². The van der Waals surface area contributed by atoms with Crippen molar-refractivity contribution in [2.24, 2.45) is 0 Å². The third kappa shape index (κ3) is 3.03. The van der Waals surface area contributed by atoms with Crippen LogP contribution in [0.25, 0.3) is 10.9 Å². The predicted octanol–water partition coefficient (Wildman–Crippen LogP) is 1.93. The summed E-state index contributed by atoms with van der Waals surface area (Å²) in [7, 11) is 0. The van der Waals surface area contributed by atoms with E-state index in [2.05, 4.69) is 39.7 Å². The van der Waals surface area contributed by atoms with E-state index in [1.165, 1.54) is 16.5 Å². The lowest BCUT2D eigenvalue weighted by Gasteiger charge is -2.27. The molecule has 1 aromatic heterocycles. The molecule has 0 aliphatic carbocycles. The fraction of sp³-hybridized carbons (Fsp3) is 0.385. The summed E-state index contributed by atoms with van der Waals surface area (Å²) in [6.07, 6.45) is 1.98. The van der Waals surface area contributed by atoms with Gasteiger partial charge in [0, 0.05) is 31.3 Å². The maximum absolute atomic E-state index is 5.31. The number of ether oxygens (including phenoxy) is 1. The molecule has 2 heterocycles. The molecule has 1 aromatic carbocycles. The fourth-order valence-electron chi connectivity index (χ4n) is 2.14. The second-order valence-corrected chi connectivity index (χ2v) is 4.33. The number of hydrogen-bond donors (Lipinski definition) is 2. The first-order valence-electron chi connectivity index (χ1n) is 6.04. The zero-order chi connectivity index (χ0) is 11.5. The lowest BCUT2D eigenvalue weighted by atomic mass is 10.1. The quantitative estimate of drug-likeness (QED) is 0.893. The minimum absolute atomic E-state index is 0. The largest absolute Gasteiger partial charge is 0.379 e. The third-order valence-electron chi connectivity index (χ3n) is 3.14. The highest BCUT2D eigenvalue weighted by Gasteiger charge is 2.09. The first-order valence-corrected chi connectivity index (χ1v) is 6.04. The minimum atomic E-state index is 0. The third-order valence-corrected chi connectivity index (χ3v) is 3.14. The van der Waals surface area contributed by atoms with Crippen molar-refractivity contribution in [1.82, 2.24) is 15.4 Å². The Morgan fingerprint density at radius 2 is 2.06 bits per heavy atom. The van der Waals surface area contributed by atoms with E-state index in [0.29, 0.717) is 0 Å². The highest BCUT2D eigenvalue weighted by molar-refractivity contribution is 5.85. The van der Waals surface area contributed by atoms with E-state index in [1.807, 2.05) is 6.20 Å². The van der Waals surface area contributed by atoms with Crippen LogP contribution in [0.2, 0.25) is 0 Å². The van der Waals surface area contributed by atoms with Crippen LogP contribution in [0.15, 0.2) is 30.5 Å². The van der Waals surface area contributed by atoms with Crippen LogP contribution in [0.4, 0.5) is 0 Å². The number of rotatable bonds is 3. The Bertz CT molecular complexity index is 494. The molecule has 1 aliphatic heterocycles.